The van der Waals surface area contributed by atoms with E-state index in [1.165, 1.54) is 7.11 Å². The van der Waals surface area contributed by atoms with Gasteiger partial charge in [-0.15, -0.1) is 0 Å². The lowest BCUT2D eigenvalue weighted by atomic mass is 10.0. The summed E-state index contributed by atoms with van der Waals surface area (Å²) in [5.74, 6) is -0.836. The zero-order valence-corrected chi connectivity index (χ0v) is 17.1. The molecule has 1 N–H and O–H groups in total. The van der Waals surface area contributed by atoms with Crippen molar-refractivity contribution < 1.29 is 9.53 Å². The van der Waals surface area contributed by atoms with Crippen LogP contribution in [0.25, 0.3) is 11.0 Å². The smallest absolute Gasteiger partial charge is 0.329 e. The maximum absolute atomic E-state index is 12.3. The normalized spacial score (nSPS) is 12.7. The molecule has 0 radical (unpaired) electrons. The van der Waals surface area contributed by atoms with E-state index in [-0.39, 0.29) is 11.7 Å². The van der Waals surface area contributed by atoms with E-state index in [0.29, 0.717) is 16.9 Å². The number of anilines is 1. The minimum absolute atomic E-state index is 0.211. The molecule has 2 heterocycles. The second-order valence-corrected chi connectivity index (χ2v) is 6.92. The largest absolute Gasteiger partial charge is 0.468 e. The van der Waals surface area contributed by atoms with Gasteiger partial charge in [-0.1, -0.05) is 42.5 Å². The zero-order valence-electron chi connectivity index (χ0n) is 17.1. The van der Waals surface area contributed by atoms with Gasteiger partial charge in [-0.05, 0) is 17.7 Å². The highest BCUT2D eigenvalue weighted by molar-refractivity contribution is 5.85. The number of imidazole rings is 1. The van der Waals surface area contributed by atoms with Gasteiger partial charge < -0.3 is 14.6 Å². The summed E-state index contributed by atoms with van der Waals surface area (Å²) in [5, 5.41) is 13.1. The first-order valence-electron chi connectivity index (χ1n) is 9.65. The maximum Gasteiger partial charge on any atom is 0.329 e. The third-order valence-corrected chi connectivity index (χ3v) is 4.97. The Labute approximate surface area is 179 Å². The maximum atomic E-state index is 12.3. The van der Waals surface area contributed by atoms with Crippen LogP contribution in [0, 0.1) is 11.3 Å². The van der Waals surface area contributed by atoms with E-state index in [1.807, 2.05) is 72.4 Å². The molecule has 0 aliphatic carbocycles. The van der Waals surface area contributed by atoms with Crippen molar-refractivity contribution in [3.8, 4) is 6.07 Å². The van der Waals surface area contributed by atoms with Gasteiger partial charge in [0, 0.05) is 19.4 Å². The Morgan fingerprint density at radius 3 is 2.39 bits per heavy atom. The highest BCUT2D eigenvalue weighted by atomic mass is 16.5. The quantitative estimate of drug-likeness (QED) is 0.484. The molecule has 8 heteroatoms. The molecule has 4 aromatic rings. The summed E-state index contributed by atoms with van der Waals surface area (Å²) in [6, 6.07) is 18.7. The van der Waals surface area contributed by atoms with Crippen LogP contribution in [-0.4, -0.2) is 32.6 Å². The van der Waals surface area contributed by atoms with E-state index in [9.17, 15) is 10.1 Å². The number of carbonyl (C=O) groups excluding carboxylic acids is 1. The van der Waals surface area contributed by atoms with Crippen molar-refractivity contribution in [1.29, 1.82) is 5.26 Å². The number of aryl methyl sites for hydroxylation is 1. The van der Waals surface area contributed by atoms with Crippen molar-refractivity contribution in [3.63, 3.8) is 0 Å². The number of rotatable bonds is 6. The molecule has 2 atom stereocenters. The molecule has 0 amide bonds. The molecule has 2 aromatic carbocycles. The first-order chi connectivity index (χ1) is 15.1. The van der Waals surface area contributed by atoms with E-state index in [4.69, 9.17) is 9.72 Å². The highest BCUT2D eigenvalue weighted by Gasteiger charge is 2.29. The number of para-hydroxylation sites is 2. The Balaban J connectivity index is 1.88. The molecular weight excluding hydrogens is 392 g/mol. The molecule has 0 saturated carbocycles. The molecule has 0 aliphatic heterocycles. The van der Waals surface area contributed by atoms with Gasteiger partial charge in [0.2, 0.25) is 0 Å². The summed E-state index contributed by atoms with van der Waals surface area (Å²) in [6.45, 7) is 0. The molecule has 0 fully saturated rings. The van der Waals surface area contributed by atoms with Gasteiger partial charge in [-0.25, -0.2) is 15.0 Å². The zero-order chi connectivity index (χ0) is 21.8. The number of benzene rings is 2. The summed E-state index contributed by atoms with van der Waals surface area (Å²) >= 11 is 0. The first-order valence-corrected chi connectivity index (χ1v) is 9.65. The standard InChI is InChI=1S/C23H20N6O2/c1-29-13-12-25-22(29)19(15-8-4-3-5-9-15)28-21-20(16(14-24)23(30)31-2)26-17-10-6-7-11-18(17)27-21/h3-13,16,19H,1-2H3,(H,27,28)/t16-,19+/m0/s1. The summed E-state index contributed by atoms with van der Waals surface area (Å²) in [6.07, 6.45) is 3.57. The predicted octanol–water partition coefficient (Wildman–Crippen LogP) is 3.34. The minimum Gasteiger partial charge on any atom is -0.468 e. The molecule has 2 aromatic heterocycles. The number of nitriles is 1. The van der Waals surface area contributed by atoms with Crippen LogP contribution in [0.15, 0.2) is 67.0 Å². The third kappa shape index (κ3) is 3.94. The van der Waals surface area contributed by atoms with Crippen molar-refractivity contribution >= 4 is 22.8 Å². The number of hydrogen-bond donors (Lipinski definition) is 1. The van der Waals surface area contributed by atoms with E-state index in [1.54, 1.807) is 12.3 Å². The Kier molecular flexibility index (Phi) is 5.58. The number of ether oxygens (including phenoxy) is 1. The molecule has 154 valence electrons. The van der Waals surface area contributed by atoms with Crippen LogP contribution in [0.2, 0.25) is 0 Å². The van der Waals surface area contributed by atoms with E-state index in [2.05, 4.69) is 15.3 Å². The third-order valence-electron chi connectivity index (χ3n) is 4.97. The number of nitrogens with one attached hydrogen (secondary N) is 1. The lowest BCUT2D eigenvalue weighted by Crippen LogP contribution is -2.22. The fourth-order valence-corrected chi connectivity index (χ4v) is 3.40. The predicted molar refractivity (Wildman–Crippen MR) is 115 cm³/mol. The number of nitrogens with zero attached hydrogens (tertiary/aromatic N) is 5. The average molecular weight is 412 g/mol. The van der Waals surface area contributed by atoms with Crippen LogP contribution in [-0.2, 0) is 16.6 Å². The molecule has 8 nitrogen and oxygen atoms in total. The average Bonchev–Trinajstić information content (AvgIpc) is 3.23. The number of carbonyl (C=O) groups is 1. The molecule has 0 aliphatic rings. The van der Waals surface area contributed by atoms with Crippen LogP contribution >= 0.6 is 0 Å². The summed E-state index contributed by atoms with van der Waals surface area (Å²) in [7, 11) is 3.15. The topological polar surface area (TPSA) is 106 Å². The minimum atomic E-state index is -1.22. The number of methoxy groups -OCH3 is 1. The number of aromatic nitrogens is 4. The fraction of sp³-hybridized carbons (Fsp3) is 0.174. The lowest BCUT2D eigenvalue weighted by molar-refractivity contribution is -0.141. The van der Waals surface area contributed by atoms with Gasteiger partial charge in [-0.3, -0.25) is 4.79 Å². The molecule has 0 bridgehead atoms. The number of hydrogen-bond acceptors (Lipinski definition) is 7. The Hall–Kier alpha value is -4.25. The van der Waals surface area contributed by atoms with Gasteiger partial charge in [-0.2, -0.15) is 5.26 Å². The number of esters is 1. The fourth-order valence-electron chi connectivity index (χ4n) is 3.40. The second kappa shape index (κ2) is 8.63. The summed E-state index contributed by atoms with van der Waals surface area (Å²) in [4.78, 5) is 26.1. The van der Waals surface area contributed by atoms with E-state index < -0.39 is 11.9 Å². The summed E-state index contributed by atoms with van der Waals surface area (Å²) < 4.78 is 6.74. The van der Waals surface area contributed by atoms with Crippen LogP contribution < -0.4 is 5.32 Å². The Morgan fingerprint density at radius 1 is 1.10 bits per heavy atom. The lowest BCUT2D eigenvalue weighted by Gasteiger charge is -2.22. The molecule has 0 spiro atoms. The van der Waals surface area contributed by atoms with Crippen molar-refractivity contribution in [2.45, 2.75) is 12.0 Å². The van der Waals surface area contributed by atoms with Gasteiger partial charge >= 0.3 is 5.97 Å². The van der Waals surface area contributed by atoms with Crippen molar-refractivity contribution in [2.24, 2.45) is 7.05 Å². The highest BCUT2D eigenvalue weighted by Crippen LogP contribution is 2.30. The Morgan fingerprint density at radius 2 is 1.77 bits per heavy atom. The van der Waals surface area contributed by atoms with Crippen LogP contribution in [0.4, 0.5) is 5.82 Å². The van der Waals surface area contributed by atoms with E-state index >= 15 is 0 Å². The molecule has 4 rings (SSSR count). The van der Waals surface area contributed by atoms with Crippen molar-refractivity contribution in [3.05, 3.63) is 84.1 Å². The molecule has 31 heavy (non-hydrogen) atoms. The van der Waals surface area contributed by atoms with Gasteiger partial charge in [0.25, 0.3) is 0 Å². The molecular formula is C23H20N6O2. The summed E-state index contributed by atoms with van der Waals surface area (Å²) in [5.41, 5.74) is 2.38. The Bertz CT molecular complexity index is 1260. The molecule has 0 saturated heterocycles. The first kappa shape index (κ1) is 20.0. The van der Waals surface area contributed by atoms with Crippen LogP contribution in [0.3, 0.4) is 0 Å². The monoisotopic (exact) mass is 412 g/mol. The van der Waals surface area contributed by atoms with Crippen molar-refractivity contribution in [1.82, 2.24) is 19.5 Å². The molecule has 0 unspecified atom stereocenters. The van der Waals surface area contributed by atoms with Crippen LogP contribution in [0.5, 0.6) is 0 Å². The van der Waals surface area contributed by atoms with Gasteiger partial charge in [0.05, 0.1) is 24.2 Å². The van der Waals surface area contributed by atoms with Crippen LogP contribution in [0.1, 0.15) is 29.0 Å². The SMILES string of the molecule is COC(=O)[C@@H](C#N)c1nc2ccccc2nc1N[C@H](c1ccccc1)c1nccn1C. The van der Waals surface area contributed by atoms with Gasteiger partial charge in [0.1, 0.15) is 17.6 Å². The second-order valence-electron chi connectivity index (χ2n) is 6.92. The van der Waals surface area contributed by atoms with Crippen molar-refractivity contribution in [2.75, 3.05) is 12.4 Å². The van der Waals surface area contributed by atoms with Gasteiger partial charge in [0.15, 0.2) is 11.7 Å². The van der Waals surface area contributed by atoms with E-state index in [0.717, 1.165) is 11.4 Å². The number of fused-ring (bicyclic) bond motifs is 1.